The molecule has 0 aliphatic heterocycles. The van der Waals surface area contributed by atoms with Crippen molar-refractivity contribution in [1.82, 2.24) is 0 Å². The van der Waals surface area contributed by atoms with Gasteiger partial charge in [0.15, 0.2) is 11.6 Å². The minimum absolute atomic E-state index is 0.0400. The van der Waals surface area contributed by atoms with Gasteiger partial charge < -0.3 is 5.11 Å². The molecule has 0 heterocycles. The van der Waals surface area contributed by atoms with E-state index < -0.39 is 23.0 Å². The summed E-state index contributed by atoms with van der Waals surface area (Å²) in [4.78, 5) is 10.9. The lowest BCUT2D eigenvalue weighted by molar-refractivity contribution is -0.146. The maximum Gasteiger partial charge on any atom is 0.309 e. The second-order valence-corrected chi connectivity index (χ2v) is 4.58. The Kier molecular flexibility index (Phi) is 3.53. The van der Waals surface area contributed by atoms with Crippen molar-refractivity contribution in [3.05, 3.63) is 34.4 Å². The normalized spacial score (nSPS) is 11.6. The Morgan fingerprint density at radius 2 is 2.00 bits per heavy atom. The zero-order valence-corrected chi connectivity index (χ0v) is 9.61. The molecule has 0 unspecified atom stereocenters. The molecule has 0 aliphatic rings. The third-order valence-electron chi connectivity index (χ3n) is 2.33. The predicted octanol–water partition coefficient (Wildman–Crippen LogP) is 3.27. The molecule has 0 fully saturated rings. The van der Waals surface area contributed by atoms with Crippen molar-refractivity contribution in [2.75, 3.05) is 0 Å². The molecule has 0 aliphatic carbocycles. The van der Waals surface area contributed by atoms with E-state index >= 15 is 0 Å². The Labute approximate surface area is 96.8 Å². The number of hydrogen-bond acceptors (Lipinski definition) is 1. The largest absolute Gasteiger partial charge is 0.481 e. The summed E-state index contributed by atoms with van der Waals surface area (Å²) in [6.07, 6.45) is 0.0400. The van der Waals surface area contributed by atoms with Crippen LogP contribution >= 0.6 is 11.6 Å². The Morgan fingerprint density at radius 3 is 2.50 bits per heavy atom. The van der Waals surface area contributed by atoms with Gasteiger partial charge >= 0.3 is 5.97 Å². The fourth-order valence-electron chi connectivity index (χ4n) is 1.25. The highest BCUT2D eigenvalue weighted by Crippen LogP contribution is 2.29. The zero-order valence-electron chi connectivity index (χ0n) is 8.85. The van der Waals surface area contributed by atoms with E-state index in [2.05, 4.69) is 0 Å². The fourth-order valence-corrected chi connectivity index (χ4v) is 1.47. The maximum atomic E-state index is 13.1. The van der Waals surface area contributed by atoms with Gasteiger partial charge in [0.05, 0.1) is 10.4 Å². The van der Waals surface area contributed by atoms with Crippen LogP contribution in [0.3, 0.4) is 0 Å². The van der Waals surface area contributed by atoms with Gasteiger partial charge in [-0.2, -0.15) is 0 Å². The van der Waals surface area contributed by atoms with Crippen molar-refractivity contribution >= 4 is 17.6 Å². The molecule has 0 atom stereocenters. The van der Waals surface area contributed by atoms with Crippen LogP contribution in [0.5, 0.6) is 0 Å². The molecule has 0 bridgehead atoms. The number of carboxylic acid groups (broad SMARTS) is 1. The quantitative estimate of drug-likeness (QED) is 0.834. The monoisotopic (exact) mass is 248 g/mol. The van der Waals surface area contributed by atoms with Crippen LogP contribution in [0.1, 0.15) is 19.4 Å². The summed E-state index contributed by atoms with van der Waals surface area (Å²) in [7, 11) is 0. The summed E-state index contributed by atoms with van der Waals surface area (Å²) < 4.78 is 25.9. The van der Waals surface area contributed by atoms with Crippen LogP contribution in [0.2, 0.25) is 5.02 Å². The summed E-state index contributed by atoms with van der Waals surface area (Å²) in [5.74, 6) is -3.20. The molecule has 0 spiro atoms. The summed E-state index contributed by atoms with van der Waals surface area (Å²) in [6.45, 7) is 2.99. The van der Waals surface area contributed by atoms with E-state index in [4.69, 9.17) is 16.7 Å². The van der Waals surface area contributed by atoms with Gasteiger partial charge in [-0.1, -0.05) is 17.7 Å². The fraction of sp³-hybridized carbons (Fsp3) is 0.364. The number of carbonyl (C=O) groups is 1. The minimum atomic E-state index is -1.14. The van der Waals surface area contributed by atoms with E-state index in [9.17, 15) is 13.6 Å². The van der Waals surface area contributed by atoms with Crippen LogP contribution in [0.15, 0.2) is 12.1 Å². The van der Waals surface area contributed by atoms with Gasteiger partial charge in [0, 0.05) is 0 Å². The first-order chi connectivity index (χ1) is 7.25. The average molecular weight is 249 g/mol. The van der Waals surface area contributed by atoms with Crippen molar-refractivity contribution in [3.8, 4) is 0 Å². The smallest absolute Gasteiger partial charge is 0.309 e. The van der Waals surface area contributed by atoms with Crippen LogP contribution in [0.25, 0.3) is 0 Å². The Bertz CT molecular complexity index is 430. The zero-order chi connectivity index (χ0) is 12.5. The van der Waals surface area contributed by atoms with Crippen LogP contribution in [-0.2, 0) is 11.2 Å². The molecular formula is C11H11ClF2O2. The molecule has 88 valence electrons. The molecule has 1 aromatic carbocycles. The van der Waals surface area contributed by atoms with E-state index in [-0.39, 0.29) is 17.0 Å². The lowest BCUT2D eigenvalue weighted by Gasteiger charge is -2.19. The van der Waals surface area contributed by atoms with Crippen molar-refractivity contribution < 1.29 is 18.7 Å². The topological polar surface area (TPSA) is 37.3 Å². The highest BCUT2D eigenvalue weighted by Gasteiger charge is 2.29. The van der Waals surface area contributed by atoms with Crippen molar-refractivity contribution in [3.63, 3.8) is 0 Å². The number of rotatable bonds is 3. The Hall–Kier alpha value is -1.16. The molecule has 1 rings (SSSR count). The molecule has 0 aromatic heterocycles. The first-order valence-corrected chi connectivity index (χ1v) is 4.99. The molecule has 0 saturated carbocycles. The van der Waals surface area contributed by atoms with Gasteiger partial charge in [0.2, 0.25) is 0 Å². The lowest BCUT2D eigenvalue weighted by atomic mass is 9.86. The SMILES string of the molecule is CC(C)(Cc1ccc(F)c(F)c1Cl)C(=O)O. The second-order valence-electron chi connectivity index (χ2n) is 4.20. The molecule has 2 nitrogen and oxygen atoms in total. The second kappa shape index (κ2) is 4.37. The van der Waals surface area contributed by atoms with Gasteiger partial charge in [-0.25, -0.2) is 8.78 Å². The number of hydrogen-bond donors (Lipinski definition) is 1. The van der Waals surface area contributed by atoms with E-state index in [1.807, 2.05) is 0 Å². The Balaban J connectivity index is 3.08. The molecule has 0 radical (unpaired) electrons. The standard InChI is InChI=1S/C11H11ClF2O2/c1-11(2,10(15)16)5-6-3-4-7(13)9(14)8(6)12/h3-4H,5H2,1-2H3,(H,15,16). The molecule has 1 N–H and O–H groups in total. The van der Waals surface area contributed by atoms with E-state index in [1.165, 1.54) is 19.9 Å². The van der Waals surface area contributed by atoms with Crippen LogP contribution in [0, 0.1) is 17.0 Å². The van der Waals surface area contributed by atoms with Crippen LogP contribution in [-0.4, -0.2) is 11.1 Å². The lowest BCUT2D eigenvalue weighted by Crippen LogP contribution is -2.26. The van der Waals surface area contributed by atoms with Crippen molar-refractivity contribution in [1.29, 1.82) is 0 Å². The van der Waals surface area contributed by atoms with Gasteiger partial charge in [-0.05, 0) is 31.9 Å². The highest BCUT2D eigenvalue weighted by molar-refractivity contribution is 6.31. The minimum Gasteiger partial charge on any atom is -0.481 e. The molecule has 5 heteroatoms. The first kappa shape index (κ1) is 12.9. The maximum absolute atomic E-state index is 13.1. The molecular weight excluding hydrogens is 238 g/mol. The van der Waals surface area contributed by atoms with Crippen molar-refractivity contribution in [2.24, 2.45) is 5.41 Å². The molecule has 1 aromatic rings. The van der Waals surface area contributed by atoms with E-state index in [1.54, 1.807) is 0 Å². The highest BCUT2D eigenvalue weighted by atomic mass is 35.5. The number of carboxylic acids is 1. The Morgan fingerprint density at radius 1 is 1.44 bits per heavy atom. The molecule has 0 saturated heterocycles. The van der Waals surface area contributed by atoms with Crippen molar-refractivity contribution in [2.45, 2.75) is 20.3 Å². The summed E-state index contributed by atoms with van der Waals surface area (Å²) >= 11 is 5.60. The third-order valence-corrected chi connectivity index (χ3v) is 2.74. The first-order valence-electron chi connectivity index (χ1n) is 4.61. The summed E-state index contributed by atoms with van der Waals surface area (Å²) in [5, 5.41) is 8.55. The number of halogens is 3. The van der Waals surface area contributed by atoms with Crippen LogP contribution in [0.4, 0.5) is 8.78 Å². The van der Waals surface area contributed by atoms with Crippen LogP contribution < -0.4 is 0 Å². The number of benzene rings is 1. The average Bonchev–Trinajstić information content (AvgIpc) is 2.19. The molecule has 16 heavy (non-hydrogen) atoms. The van der Waals surface area contributed by atoms with E-state index in [0.717, 1.165) is 6.07 Å². The summed E-state index contributed by atoms with van der Waals surface area (Å²) in [5.41, 5.74) is -0.790. The molecule has 0 amide bonds. The van der Waals surface area contributed by atoms with Gasteiger partial charge in [0.25, 0.3) is 0 Å². The number of aliphatic carboxylic acids is 1. The third kappa shape index (κ3) is 2.50. The van der Waals surface area contributed by atoms with E-state index in [0.29, 0.717) is 0 Å². The van der Waals surface area contributed by atoms with Gasteiger partial charge in [-0.15, -0.1) is 0 Å². The predicted molar refractivity (Wildman–Crippen MR) is 56.5 cm³/mol. The van der Waals surface area contributed by atoms with Gasteiger partial charge in [0.1, 0.15) is 0 Å². The van der Waals surface area contributed by atoms with Gasteiger partial charge in [-0.3, -0.25) is 4.79 Å². The summed E-state index contributed by atoms with van der Waals surface area (Å²) in [6, 6.07) is 2.24.